The van der Waals surface area contributed by atoms with Crippen LogP contribution in [0.15, 0.2) is 48.3 Å². The van der Waals surface area contributed by atoms with Crippen molar-refractivity contribution in [1.29, 1.82) is 0 Å². The predicted molar refractivity (Wildman–Crippen MR) is 105 cm³/mol. The maximum atomic E-state index is 6.01. The maximum Gasteiger partial charge on any atom is 0.164 e. The molecule has 1 N–H and O–H groups in total. The summed E-state index contributed by atoms with van der Waals surface area (Å²) in [6.07, 6.45) is 4.91. The van der Waals surface area contributed by atoms with E-state index >= 15 is 0 Å². The Balaban J connectivity index is 1.60. The lowest BCUT2D eigenvalue weighted by Gasteiger charge is -2.40. The second-order valence-electron chi connectivity index (χ2n) is 7.48. The van der Waals surface area contributed by atoms with E-state index in [1.807, 2.05) is 24.4 Å². The summed E-state index contributed by atoms with van der Waals surface area (Å²) in [7, 11) is 0. The molecule has 0 aromatic heterocycles. The SMILES string of the molecule is C=CN(CCOCc1ccccc1)[C@@H]1CN[C@@H](C)CC[C@]12CC(C)=NO2. The zero-order chi connectivity index (χ0) is 18.4. The van der Waals surface area contributed by atoms with Gasteiger partial charge in [0, 0.05) is 25.6 Å². The first-order chi connectivity index (χ1) is 12.6. The van der Waals surface area contributed by atoms with Gasteiger partial charge in [0.15, 0.2) is 5.60 Å². The highest BCUT2D eigenvalue weighted by molar-refractivity contribution is 5.83. The van der Waals surface area contributed by atoms with Gasteiger partial charge in [-0.3, -0.25) is 0 Å². The molecule has 2 heterocycles. The van der Waals surface area contributed by atoms with Crippen LogP contribution < -0.4 is 5.32 Å². The lowest BCUT2D eigenvalue weighted by atomic mass is 9.84. The van der Waals surface area contributed by atoms with Gasteiger partial charge in [-0.1, -0.05) is 42.1 Å². The molecule has 0 radical (unpaired) electrons. The predicted octanol–water partition coefficient (Wildman–Crippen LogP) is 3.32. The van der Waals surface area contributed by atoms with E-state index in [9.17, 15) is 0 Å². The molecule has 0 bridgehead atoms. The third-order valence-electron chi connectivity index (χ3n) is 5.45. The van der Waals surface area contributed by atoms with E-state index in [-0.39, 0.29) is 11.6 Å². The molecule has 2 aliphatic rings. The highest BCUT2D eigenvalue weighted by Gasteiger charge is 2.48. The standard InChI is InChI=1S/C21H31N3O2/c1-4-24(12-13-25-16-19-8-6-5-7-9-19)20-15-22-17(2)10-11-21(20)14-18(3)23-26-21/h4-9,17,20,22H,1,10-16H2,2-3H3/t17-,20+,21-/m0/s1. The Morgan fingerprint density at radius 2 is 2.23 bits per heavy atom. The van der Waals surface area contributed by atoms with Gasteiger partial charge in [-0.25, -0.2) is 0 Å². The molecule has 5 nitrogen and oxygen atoms in total. The van der Waals surface area contributed by atoms with Crippen LogP contribution in [0, 0.1) is 0 Å². The quantitative estimate of drug-likeness (QED) is 0.761. The van der Waals surface area contributed by atoms with Gasteiger partial charge in [0.05, 0.1) is 25.0 Å². The van der Waals surface area contributed by atoms with Crippen LogP contribution >= 0.6 is 0 Å². The van der Waals surface area contributed by atoms with Gasteiger partial charge in [-0.2, -0.15) is 0 Å². The van der Waals surface area contributed by atoms with Gasteiger partial charge in [-0.05, 0) is 38.5 Å². The zero-order valence-electron chi connectivity index (χ0n) is 16.0. The molecule has 1 aromatic carbocycles. The minimum absolute atomic E-state index is 0.200. The van der Waals surface area contributed by atoms with Crippen LogP contribution in [-0.4, -0.2) is 48.0 Å². The zero-order valence-corrected chi connectivity index (χ0v) is 16.0. The summed E-state index contributed by atoms with van der Waals surface area (Å²) in [5, 5.41) is 7.91. The first kappa shape index (κ1) is 18.9. The highest BCUT2D eigenvalue weighted by Crippen LogP contribution is 2.37. The fourth-order valence-electron chi connectivity index (χ4n) is 3.94. The molecule has 3 rings (SSSR count). The Morgan fingerprint density at radius 1 is 1.42 bits per heavy atom. The molecule has 5 heteroatoms. The van der Waals surface area contributed by atoms with Crippen LogP contribution in [0.2, 0.25) is 0 Å². The number of hydrogen-bond donors (Lipinski definition) is 1. The molecule has 1 fully saturated rings. The lowest BCUT2D eigenvalue weighted by Crippen LogP contribution is -2.55. The first-order valence-electron chi connectivity index (χ1n) is 9.58. The summed E-state index contributed by atoms with van der Waals surface area (Å²) in [5.41, 5.74) is 2.02. The minimum atomic E-state index is -0.255. The molecular formula is C21H31N3O2. The van der Waals surface area contributed by atoms with Crippen LogP contribution in [0.5, 0.6) is 0 Å². The summed E-state index contributed by atoms with van der Waals surface area (Å²) in [6.45, 7) is 11.3. The van der Waals surface area contributed by atoms with Gasteiger partial charge >= 0.3 is 0 Å². The Labute approximate surface area is 157 Å². The van der Waals surface area contributed by atoms with Crippen molar-refractivity contribution in [3.05, 3.63) is 48.7 Å². The van der Waals surface area contributed by atoms with Crippen molar-refractivity contribution < 1.29 is 9.57 Å². The van der Waals surface area contributed by atoms with Crippen molar-refractivity contribution >= 4 is 5.71 Å². The van der Waals surface area contributed by atoms with Gasteiger partial charge in [0.25, 0.3) is 0 Å². The molecule has 0 unspecified atom stereocenters. The van der Waals surface area contributed by atoms with E-state index in [0.717, 1.165) is 38.1 Å². The van der Waals surface area contributed by atoms with Crippen molar-refractivity contribution in [2.75, 3.05) is 19.7 Å². The third kappa shape index (κ3) is 4.46. The van der Waals surface area contributed by atoms with Crippen molar-refractivity contribution in [1.82, 2.24) is 10.2 Å². The van der Waals surface area contributed by atoms with E-state index < -0.39 is 0 Å². The molecule has 1 aromatic rings. The Hall–Kier alpha value is -1.85. The number of nitrogens with one attached hydrogen (secondary N) is 1. The topological polar surface area (TPSA) is 46.1 Å². The molecule has 0 saturated carbocycles. The molecule has 1 spiro atoms. The average Bonchev–Trinajstić information content (AvgIpc) is 2.96. The molecule has 1 saturated heterocycles. The van der Waals surface area contributed by atoms with Gasteiger partial charge in [0.1, 0.15) is 0 Å². The van der Waals surface area contributed by atoms with Gasteiger partial charge < -0.3 is 19.8 Å². The number of hydrogen-bond acceptors (Lipinski definition) is 5. The van der Waals surface area contributed by atoms with Gasteiger partial charge in [-0.15, -0.1) is 0 Å². The summed E-state index contributed by atoms with van der Waals surface area (Å²) in [6, 6.07) is 11.0. The normalized spacial score (nSPS) is 28.3. The van der Waals surface area contributed by atoms with E-state index in [1.54, 1.807) is 0 Å². The Bertz CT molecular complexity index is 619. The molecule has 26 heavy (non-hydrogen) atoms. The monoisotopic (exact) mass is 357 g/mol. The summed E-state index contributed by atoms with van der Waals surface area (Å²) in [4.78, 5) is 8.28. The van der Waals surface area contributed by atoms with E-state index in [2.05, 4.69) is 47.9 Å². The lowest BCUT2D eigenvalue weighted by molar-refractivity contribution is -0.0769. The second-order valence-corrected chi connectivity index (χ2v) is 7.48. The fourth-order valence-corrected chi connectivity index (χ4v) is 3.94. The summed E-state index contributed by atoms with van der Waals surface area (Å²) < 4.78 is 5.89. The van der Waals surface area contributed by atoms with Crippen LogP contribution in [0.3, 0.4) is 0 Å². The van der Waals surface area contributed by atoms with Crippen molar-refractivity contribution in [3.8, 4) is 0 Å². The maximum absolute atomic E-state index is 6.01. The Morgan fingerprint density at radius 3 is 2.92 bits per heavy atom. The van der Waals surface area contributed by atoms with E-state index in [0.29, 0.717) is 19.3 Å². The average molecular weight is 357 g/mol. The Kier molecular flexibility index (Phi) is 6.33. The number of nitrogens with zero attached hydrogens (tertiary/aromatic N) is 2. The highest BCUT2D eigenvalue weighted by atomic mass is 16.7. The van der Waals surface area contributed by atoms with Crippen LogP contribution in [0.4, 0.5) is 0 Å². The minimum Gasteiger partial charge on any atom is -0.387 e. The van der Waals surface area contributed by atoms with Crippen LogP contribution in [0.1, 0.15) is 38.7 Å². The van der Waals surface area contributed by atoms with E-state index in [4.69, 9.17) is 9.57 Å². The smallest absolute Gasteiger partial charge is 0.164 e. The molecular weight excluding hydrogens is 326 g/mol. The van der Waals surface area contributed by atoms with E-state index in [1.165, 1.54) is 5.56 Å². The van der Waals surface area contributed by atoms with Gasteiger partial charge in [0.2, 0.25) is 0 Å². The van der Waals surface area contributed by atoms with Crippen LogP contribution in [-0.2, 0) is 16.2 Å². The number of rotatable bonds is 7. The second kappa shape index (κ2) is 8.69. The van der Waals surface area contributed by atoms with Crippen molar-refractivity contribution in [3.63, 3.8) is 0 Å². The van der Waals surface area contributed by atoms with Crippen molar-refractivity contribution in [2.24, 2.45) is 5.16 Å². The number of ether oxygens (including phenoxy) is 1. The fraction of sp³-hybridized carbons (Fsp3) is 0.571. The molecule has 0 amide bonds. The molecule has 142 valence electrons. The summed E-state index contributed by atoms with van der Waals surface area (Å²) >= 11 is 0. The van der Waals surface area contributed by atoms with Crippen LogP contribution in [0.25, 0.3) is 0 Å². The first-order valence-corrected chi connectivity index (χ1v) is 9.58. The molecule has 3 atom stereocenters. The molecule has 0 aliphatic carbocycles. The van der Waals surface area contributed by atoms with Crippen molar-refractivity contribution in [2.45, 2.75) is 57.4 Å². The largest absolute Gasteiger partial charge is 0.387 e. The third-order valence-corrected chi connectivity index (χ3v) is 5.45. The molecule has 2 aliphatic heterocycles. The summed E-state index contributed by atoms with van der Waals surface area (Å²) in [5.74, 6) is 0. The number of oxime groups is 1. The number of benzene rings is 1.